The van der Waals surface area contributed by atoms with Crippen LogP contribution in [0.3, 0.4) is 0 Å². The van der Waals surface area contributed by atoms with Crippen molar-refractivity contribution in [1.82, 2.24) is 5.32 Å². The molecule has 0 aromatic carbocycles. The topological polar surface area (TPSA) is 102 Å². The van der Waals surface area contributed by atoms with Gasteiger partial charge in [-0.25, -0.2) is 0 Å². The average molecular weight is 243 g/mol. The molecule has 1 aliphatic rings. The van der Waals surface area contributed by atoms with Crippen LogP contribution in [-0.4, -0.2) is 43.3 Å². The summed E-state index contributed by atoms with van der Waals surface area (Å²) >= 11 is 0. The Morgan fingerprint density at radius 2 is 1.79 bits per heavy atom. The molecule has 0 radical (unpaired) electrons. The zero-order chi connectivity index (χ0) is 9.61. The second-order valence-corrected chi connectivity index (χ2v) is 3.11. The van der Waals surface area contributed by atoms with Crippen molar-refractivity contribution in [2.24, 2.45) is 0 Å². The van der Waals surface area contributed by atoms with Gasteiger partial charge >= 0.3 is 59.1 Å². The Morgan fingerprint density at radius 3 is 1.93 bits per heavy atom. The van der Waals surface area contributed by atoms with Gasteiger partial charge in [-0.1, -0.05) is 0 Å². The van der Waals surface area contributed by atoms with Gasteiger partial charge in [0.05, 0.1) is 12.7 Å². The minimum absolute atomic E-state index is 0. The van der Waals surface area contributed by atoms with Crippen LogP contribution in [0.2, 0.25) is 0 Å². The standard InChI is InChI=1S/C5H11NO.2Na.H2O4S/c1-5-4-6-2-3-7-5;;;1-5(2,3)4/h5-6H,2-4H2,1H3;;;(H2,1,2,3,4)/q;2*+1;/p-2. The fourth-order valence-corrected chi connectivity index (χ4v) is 0.697. The van der Waals surface area contributed by atoms with Crippen LogP contribution in [0.15, 0.2) is 0 Å². The van der Waals surface area contributed by atoms with Gasteiger partial charge in [0.1, 0.15) is 0 Å². The molecule has 0 spiro atoms. The van der Waals surface area contributed by atoms with Gasteiger partial charge < -0.3 is 19.2 Å². The quantitative estimate of drug-likeness (QED) is 0.258. The minimum atomic E-state index is -5.17. The van der Waals surface area contributed by atoms with Crippen molar-refractivity contribution < 1.29 is 81.4 Å². The molecule has 0 amide bonds. The second kappa shape index (κ2) is 11.3. The van der Waals surface area contributed by atoms with Gasteiger partial charge in [-0.15, -0.1) is 0 Å². The number of morpholine rings is 1. The molecule has 1 unspecified atom stereocenters. The van der Waals surface area contributed by atoms with Crippen LogP contribution in [0.1, 0.15) is 6.92 Å². The molecule has 0 aromatic rings. The minimum Gasteiger partial charge on any atom is -0.759 e. The summed E-state index contributed by atoms with van der Waals surface area (Å²) < 4.78 is 39.3. The first-order valence-electron chi connectivity index (χ1n) is 3.38. The van der Waals surface area contributed by atoms with E-state index in [1.807, 2.05) is 0 Å². The van der Waals surface area contributed by atoms with Crippen LogP contribution in [0.4, 0.5) is 0 Å². The third-order valence-electron chi connectivity index (χ3n) is 1.11. The molecule has 14 heavy (non-hydrogen) atoms. The Hall–Kier alpha value is 1.79. The molecule has 0 bridgehead atoms. The SMILES string of the molecule is CC1CNCCO1.O=S(=O)([O-])[O-].[Na+].[Na+]. The van der Waals surface area contributed by atoms with E-state index in [2.05, 4.69) is 12.2 Å². The first-order chi connectivity index (χ1) is 5.39. The van der Waals surface area contributed by atoms with Crippen LogP contribution in [0, 0.1) is 0 Å². The van der Waals surface area contributed by atoms with Gasteiger partial charge in [-0.2, -0.15) is 0 Å². The van der Waals surface area contributed by atoms with Crippen molar-refractivity contribution in [3.05, 3.63) is 0 Å². The van der Waals surface area contributed by atoms with E-state index < -0.39 is 10.4 Å². The maximum absolute atomic E-state index is 8.52. The third-order valence-corrected chi connectivity index (χ3v) is 1.11. The van der Waals surface area contributed by atoms with E-state index in [4.69, 9.17) is 22.3 Å². The molecule has 1 atom stereocenters. The maximum atomic E-state index is 8.52. The van der Waals surface area contributed by atoms with Crippen LogP contribution < -0.4 is 64.4 Å². The molecule has 0 saturated carbocycles. The van der Waals surface area contributed by atoms with Crippen molar-refractivity contribution in [3.63, 3.8) is 0 Å². The summed E-state index contributed by atoms with van der Waals surface area (Å²) in [5, 5.41) is 3.21. The molecule has 9 heteroatoms. The Labute approximate surface area is 128 Å². The number of rotatable bonds is 0. The molecule has 1 rings (SSSR count). The van der Waals surface area contributed by atoms with E-state index in [1.54, 1.807) is 0 Å². The van der Waals surface area contributed by atoms with E-state index in [0.29, 0.717) is 6.10 Å². The first-order valence-corrected chi connectivity index (χ1v) is 4.72. The maximum Gasteiger partial charge on any atom is 1.00 e. The normalized spacial score (nSPS) is 20.6. The summed E-state index contributed by atoms with van der Waals surface area (Å²) in [4.78, 5) is 0. The van der Waals surface area contributed by atoms with E-state index in [-0.39, 0.29) is 59.1 Å². The molecule has 0 aromatic heterocycles. The molecular formula is C5H11NNa2O5S. The number of ether oxygens (including phenoxy) is 1. The van der Waals surface area contributed by atoms with Crippen molar-refractivity contribution in [2.45, 2.75) is 13.0 Å². The van der Waals surface area contributed by atoms with Crippen molar-refractivity contribution in [2.75, 3.05) is 19.7 Å². The molecule has 1 N–H and O–H groups in total. The van der Waals surface area contributed by atoms with Crippen LogP contribution in [-0.2, 0) is 15.1 Å². The Balaban J connectivity index is -0.000000159. The molecule has 74 valence electrons. The molecule has 1 aliphatic heterocycles. The van der Waals surface area contributed by atoms with Crippen LogP contribution >= 0.6 is 0 Å². The summed E-state index contributed by atoms with van der Waals surface area (Å²) in [6, 6.07) is 0. The predicted octanol–water partition coefficient (Wildman–Crippen LogP) is -7.34. The van der Waals surface area contributed by atoms with Gasteiger partial charge in [0.25, 0.3) is 0 Å². The molecule has 1 saturated heterocycles. The van der Waals surface area contributed by atoms with Gasteiger partial charge in [0.15, 0.2) is 0 Å². The van der Waals surface area contributed by atoms with Crippen molar-refractivity contribution >= 4 is 10.4 Å². The fraction of sp³-hybridized carbons (Fsp3) is 1.00. The molecule has 1 fully saturated rings. The van der Waals surface area contributed by atoms with Gasteiger partial charge in [-0.05, 0) is 6.92 Å². The van der Waals surface area contributed by atoms with Crippen molar-refractivity contribution in [3.8, 4) is 0 Å². The van der Waals surface area contributed by atoms with Gasteiger partial charge in [0, 0.05) is 23.5 Å². The van der Waals surface area contributed by atoms with Crippen LogP contribution in [0.5, 0.6) is 0 Å². The smallest absolute Gasteiger partial charge is 0.759 e. The molecule has 1 heterocycles. The van der Waals surface area contributed by atoms with Gasteiger partial charge in [-0.3, -0.25) is 8.42 Å². The summed E-state index contributed by atoms with van der Waals surface area (Å²) in [5.74, 6) is 0. The number of hydrogen-bond donors (Lipinski definition) is 1. The number of nitrogens with one attached hydrogen (secondary N) is 1. The van der Waals surface area contributed by atoms with E-state index in [1.165, 1.54) is 0 Å². The van der Waals surface area contributed by atoms with E-state index >= 15 is 0 Å². The predicted molar refractivity (Wildman–Crippen MR) is 38.8 cm³/mol. The van der Waals surface area contributed by atoms with Crippen molar-refractivity contribution in [1.29, 1.82) is 0 Å². The molecule has 6 nitrogen and oxygen atoms in total. The van der Waals surface area contributed by atoms with E-state index in [0.717, 1.165) is 19.7 Å². The molecular weight excluding hydrogens is 232 g/mol. The Morgan fingerprint density at radius 1 is 1.36 bits per heavy atom. The Kier molecular flexibility index (Phi) is 17.0. The monoisotopic (exact) mass is 243 g/mol. The fourth-order valence-electron chi connectivity index (χ4n) is 0.697. The summed E-state index contributed by atoms with van der Waals surface area (Å²) in [6.45, 7) is 4.98. The largest absolute Gasteiger partial charge is 1.00 e. The average Bonchev–Trinajstić information content (AvgIpc) is 1.85. The summed E-state index contributed by atoms with van der Waals surface area (Å²) in [5.41, 5.74) is 0. The summed E-state index contributed by atoms with van der Waals surface area (Å²) in [6.07, 6.45) is 0.425. The van der Waals surface area contributed by atoms with Gasteiger partial charge in [0.2, 0.25) is 0 Å². The second-order valence-electron chi connectivity index (χ2n) is 2.29. The zero-order valence-electron chi connectivity index (χ0n) is 8.65. The third kappa shape index (κ3) is 23.5. The Bertz CT molecular complexity index is 196. The summed E-state index contributed by atoms with van der Waals surface area (Å²) in [7, 11) is -5.17. The van der Waals surface area contributed by atoms with E-state index in [9.17, 15) is 0 Å². The van der Waals surface area contributed by atoms with Crippen LogP contribution in [0.25, 0.3) is 0 Å². The zero-order valence-corrected chi connectivity index (χ0v) is 13.5. The first kappa shape index (κ1) is 21.1. The number of hydrogen-bond acceptors (Lipinski definition) is 6. The molecule has 0 aliphatic carbocycles.